The lowest BCUT2D eigenvalue weighted by Gasteiger charge is -2.15. The predicted octanol–water partition coefficient (Wildman–Crippen LogP) is 1.75. The monoisotopic (exact) mass is 275 g/mol. The molecule has 0 spiro atoms. The highest BCUT2D eigenvalue weighted by Gasteiger charge is 2.20. The molecule has 6 heteroatoms. The Morgan fingerprint density at radius 1 is 1.41 bits per heavy atom. The summed E-state index contributed by atoms with van der Waals surface area (Å²) in [5, 5.41) is 0. The third kappa shape index (κ3) is 3.28. The Morgan fingerprint density at radius 3 is 2.59 bits per heavy atom. The van der Waals surface area contributed by atoms with Gasteiger partial charge in [-0.3, -0.25) is 4.79 Å². The number of carbonyl (C=O) groups is 1. The largest absolute Gasteiger partial charge is 0.295 e. The second-order valence-electron chi connectivity index (χ2n) is 3.60. The van der Waals surface area contributed by atoms with Crippen molar-refractivity contribution in [1.82, 2.24) is 4.31 Å². The number of hydrogen-bond donors (Lipinski definition) is 0. The van der Waals surface area contributed by atoms with E-state index in [1.54, 1.807) is 12.1 Å². The molecule has 1 aromatic carbocycles. The number of ketones is 1. The van der Waals surface area contributed by atoms with Gasteiger partial charge in [-0.15, -0.1) is 11.6 Å². The molecule has 0 aromatic heterocycles. The van der Waals surface area contributed by atoms with Crippen molar-refractivity contribution in [2.75, 3.05) is 19.5 Å². The molecule has 0 aliphatic heterocycles. The van der Waals surface area contributed by atoms with E-state index in [9.17, 15) is 13.2 Å². The van der Waals surface area contributed by atoms with Crippen molar-refractivity contribution in [3.05, 3.63) is 29.8 Å². The second-order valence-corrected chi connectivity index (χ2v) is 6.02. The molecule has 0 heterocycles. The van der Waals surface area contributed by atoms with Gasteiger partial charge < -0.3 is 0 Å². The van der Waals surface area contributed by atoms with E-state index in [2.05, 4.69) is 0 Å². The van der Waals surface area contributed by atoms with Gasteiger partial charge in [0.25, 0.3) is 0 Å². The lowest BCUT2D eigenvalue weighted by molar-refractivity contribution is 0.101. The topological polar surface area (TPSA) is 54.5 Å². The molecule has 0 aliphatic rings. The van der Waals surface area contributed by atoms with Crippen molar-refractivity contribution >= 4 is 27.4 Å². The molecule has 94 valence electrons. The second kappa shape index (κ2) is 5.62. The summed E-state index contributed by atoms with van der Waals surface area (Å²) in [4.78, 5) is 11.3. The number of hydrogen-bond acceptors (Lipinski definition) is 3. The molecule has 0 unspecified atom stereocenters. The molecule has 4 nitrogen and oxygen atoms in total. The number of rotatable bonds is 5. The van der Waals surface area contributed by atoms with Crippen LogP contribution >= 0.6 is 11.6 Å². The molecule has 0 amide bonds. The van der Waals surface area contributed by atoms with Crippen molar-refractivity contribution in [1.29, 1.82) is 0 Å². The van der Waals surface area contributed by atoms with E-state index in [4.69, 9.17) is 11.6 Å². The average Bonchev–Trinajstić information content (AvgIpc) is 2.29. The van der Waals surface area contributed by atoms with Crippen LogP contribution < -0.4 is 0 Å². The molecule has 0 fully saturated rings. The number of sulfonamides is 1. The standard InChI is InChI=1S/C11H14ClNO3S/c1-9(14)10-4-3-5-11(8-10)17(15,16)13(2)7-6-12/h3-5,8H,6-7H2,1-2H3. The van der Waals surface area contributed by atoms with Gasteiger partial charge in [0, 0.05) is 25.0 Å². The quantitative estimate of drug-likeness (QED) is 0.608. The maximum atomic E-state index is 12.1. The molecule has 1 aromatic rings. The zero-order chi connectivity index (χ0) is 13.1. The predicted molar refractivity (Wildman–Crippen MR) is 67.0 cm³/mol. The van der Waals surface area contributed by atoms with Crippen molar-refractivity contribution in [2.24, 2.45) is 0 Å². The smallest absolute Gasteiger partial charge is 0.242 e. The summed E-state index contributed by atoms with van der Waals surface area (Å²) in [5.41, 5.74) is 0.380. The highest BCUT2D eigenvalue weighted by molar-refractivity contribution is 7.89. The van der Waals surface area contributed by atoms with E-state index in [0.29, 0.717) is 5.56 Å². The normalized spacial score (nSPS) is 11.8. The Labute approximate surface area is 106 Å². The molecule has 0 bridgehead atoms. The average molecular weight is 276 g/mol. The van der Waals surface area contributed by atoms with Crippen molar-refractivity contribution in [3.8, 4) is 0 Å². The van der Waals surface area contributed by atoms with E-state index >= 15 is 0 Å². The number of nitrogens with zero attached hydrogens (tertiary/aromatic N) is 1. The van der Waals surface area contributed by atoms with E-state index in [-0.39, 0.29) is 23.1 Å². The Hall–Kier alpha value is -0.910. The van der Waals surface area contributed by atoms with Crippen LogP contribution in [0.25, 0.3) is 0 Å². The molecular formula is C11H14ClNO3S. The first-order valence-electron chi connectivity index (χ1n) is 5.03. The van der Waals surface area contributed by atoms with Gasteiger partial charge in [-0.05, 0) is 19.1 Å². The summed E-state index contributed by atoms with van der Waals surface area (Å²) in [6.07, 6.45) is 0. The van der Waals surface area contributed by atoms with E-state index in [1.807, 2.05) is 0 Å². The maximum Gasteiger partial charge on any atom is 0.242 e. The molecule has 0 radical (unpaired) electrons. The first kappa shape index (κ1) is 14.2. The SMILES string of the molecule is CC(=O)c1cccc(S(=O)(=O)N(C)CCCl)c1. The van der Waals surface area contributed by atoms with E-state index < -0.39 is 10.0 Å². The number of halogens is 1. The zero-order valence-corrected chi connectivity index (χ0v) is 11.3. The van der Waals surface area contributed by atoms with Crippen LogP contribution in [0.5, 0.6) is 0 Å². The van der Waals surface area contributed by atoms with Crippen LogP contribution in [-0.2, 0) is 10.0 Å². The number of Topliss-reactive ketones (excluding diaryl/α,β-unsaturated/α-hetero) is 1. The van der Waals surface area contributed by atoms with Crippen molar-refractivity contribution in [3.63, 3.8) is 0 Å². The third-order valence-electron chi connectivity index (χ3n) is 2.35. The number of alkyl halides is 1. The summed E-state index contributed by atoms with van der Waals surface area (Å²) in [6, 6.07) is 5.98. The van der Waals surface area contributed by atoms with E-state index in [1.165, 1.54) is 30.4 Å². The first-order chi connectivity index (χ1) is 7.89. The zero-order valence-electron chi connectivity index (χ0n) is 9.68. The van der Waals surface area contributed by atoms with Gasteiger partial charge in [-0.1, -0.05) is 12.1 Å². The Balaban J connectivity index is 3.15. The minimum atomic E-state index is -3.56. The van der Waals surface area contributed by atoms with Crippen LogP contribution in [0.1, 0.15) is 17.3 Å². The lowest BCUT2D eigenvalue weighted by Crippen LogP contribution is -2.28. The van der Waals surface area contributed by atoms with Gasteiger partial charge in [-0.25, -0.2) is 8.42 Å². The Morgan fingerprint density at radius 2 is 2.06 bits per heavy atom. The Bertz CT molecular complexity index is 513. The summed E-state index contributed by atoms with van der Waals surface area (Å²) in [7, 11) is -2.10. The van der Waals surface area contributed by atoms with Crippen LogP contribution in [0.3, 0.4) is 0 Å². The first-order valence-corrected chi connectivity index (χ1v) is 7.00. The highest BCUT2D eigenvalue weighted by Crippen LogP contribution is 2.16. The van der Waals surface area contributed by atoms with Crippen molar-refractivity contribution < 1.29 is 13.2 Å². The van der Waals surface area contributed by atoms with Gasteiger partial charge in [0.05, 0.1) is 4.90 Å². The van der Waals surface area contributed by atoms with Crippen molar-refractivity contribution in [2.45, 2.75) is 11.8 Å². The number of carbonyl (C=O) groups excluding carboxylic acids is 1. The minimum absolute atomic E-state index is 0.109. The lowest BCUT2D eigenvalue weighted by atomic mass is 10.2. The van der Waals surface area contributed by atoms with Crippen LogP contribution in [0.15, 0.2) is 29.2 Å². The summed E-state index contributed by atoms with van der Waals surface area (Å²) in [6.45, 7) is 1.63. The van der Waals surface area contributed by atoms with Gasteiger partial charge in [0.1, 0.15) is 0 Å². The van der Waals surface area contributed by atoms with Gasteiger partial charge >= 0.3 is 0 Å². The van der Waals surface area contributed by atoms with E-state index in [0.717, 1.165) is 0 Å². The fourth-order valence-corrected chi connectivity index (χ4v) is 2.87. The summed E-state index contributed by atoms with van der Waals surface area (Å²) < 4.78 is 25.3. The maximum absolute atomic E-state index is 12.1. The minimum Gasteiger partial charge on any atom is -0.295 e. The third-order valence-corrected chi connectivity index (χ3v) is 4.37. The van der Waals surface area contributed by atoms with Crippen LogP contribution in [0.4, 0.5) is 0 Å². The van der Waals surface area contributed by atoms with Gasteiger partial charge in [0.2, 0.25) is 10.0 Å². The summed E-state index contributed by atoms with van der Waals surface area (Å²) in [5.74, 6) is 0.0596. The molecule has 0 saturated carbocycles. The molecule has 17 heavy (non-hydrogen) atoms. The molecule has 0 aliphatic carbocycles. The van der Waals surface area contributed by atoms with Crippen LogP contribution in [0, 0.1) is 0 Å². The fourth-order valence-electron chi connectivity index (χ4n) is 1.29. The Kier molecular flexibility index (Phi) is 4.68. The van der Waals surface area contributed by atoms with Crippen LogP contribution in [-0.4, -0.2) is 38.0 Å². The van der Waals surface area contributed by atoms with Gasteiger partial charge in [0.15, 0.2) is 5.78 Å². The fraction of sp³-hybridized carbons (Fsp3) is 0.364. The van der Waals surface area contributed by atoms with Crippen LogP contribution in [0.2, 0.25) is 0 Å². The number of benzene rings is 1. The molecule has 1 rings (SSSR count). The molecular weight excluding hydrogens is 262 g/mol. The van der Waals surface area contributed by atoms with Gasteiger partial charge in [-0.2, -0.15) is 4.31 Å². The molecule has 0 N–H and O–H groups in total. The molecule has 0 saturated heterocycles. The highest BCUT2D eigenvalue weighted by atomic mass is 35.5. The summed E-state index contributed by atoms with van der Waals surface area (Å²) >= 11 is 5.51. The molecule has 0 atom stereocenters.